The Bertz CT molecular complexity index is 436. The lowest BCUT2D eigenvalue weighted by molar-refractivity contribution is 0.0672. The van der Waals surface area contributed by atoms with E-state index in [2.05, 4.69) is 29.3 Å². The van der Waals surface area contributed by atoms with Gasteiger partial charge in [0.15, 0.2) is 5.69 Å². The number of hydrogen-bond acceptors (Lipinski definition) is 5. The number of nitrogens with zero attached hydrogens (tertiary/aromatic N) is 5. The van der Waals surface area contributed by atoms with Crippen LogP contribution >= 0.6 is 0 Å². The molecule has 1 saturated heterocycles. The van der Waals surface area contributed by atoms with Crippen molar-refractivity contribution < 1.29 is 4.79 Å². The molecule has 0 spiro atoms. The fourth-order valence-electron chi connectivity index (χ4n) is 2.63. The second kappa shape index (κ2) is 6.81. The number of carbonyl (C=O) groups excluding carboxylic acids is 1. The number of nitrogens with two attached hydrogens (primary N) is 1. The standard InChI is InChI=1S/C13H24N6O/c1-17(2)9-11-3-6-18(7-4-11)13(20)12-10-19(8-5-14)16-15-12/h10-11H,3-9,14H2,1-2H3. The van der Waals surface area contributed by atoms with Gasteiger partial charge in [-0.25, -0.2) is 0 Å². The lowest BCUT2D eigenvalue weighted by atomic mass is 9.96. The molecule has 1 fully saturated rings. The first-order chi connectivity index (χ1) is 9.60. The highest BCUT2D eigenvalue weighted by molar-refractivity contribution is 5.91. The van der Waals surface area contributed by atoms with E-state index in [4.69, 9.17) is 5.73 Å². The van der Waals surface area contributed by atoms with E-state index in [1.54, 1.807) is 10.9 Å². The fourth-order valence-corrected chi connectivity index (χ4v) is 2.63. The second-order valence-electron chi connectivity index (χ2n) is 5.65. The first-order valence-corrected chi connectivity index (χ1v) is 7.14. The van der Waals surface area contributed by atoms with Crippen molar-refractivity contribution in [3.05, 3.63) is 11.9 Å². The highest BCUT2D eigenvalue weighted by atomic mass is 16.2. The van der Waals surface area contributed by atoms with E-state index in [0.29, 0.717) is 24.7 Å². The van der Waals surface area contributed by atoms with Gasteiger partial charge in [0.2, 0.25) is 0 Å². The summed E-state index contributed by atoms with van der Waals surface area (Å²) in [5.74, 6) is 0.665. The van der Waals surface area contributed by atoms with Crippen LogP contribution in [-0.4, -0.2) is 71.0 Å². The zero-order valence-electron chi connectivity index (χ0n) is 12.3. The molecule has 0 aliphatic carbocycles. The summed E-state index contributed by atoms with van der Waals surface area (Å²) in [7, 11) is 4.18. The minimum atomic E-state index is -0.0171. The second-order valence-corrected chi connectivity index (χ2v) is 5.65. The Labute approximate surface area is 119 Å². The minimum Gasteiger partial charge on any atom is -0.337 e. The van der Waals surface area contributed by atoms with Crippen LogP contribution < -0.4 is 5.73 Å². The molecule has 1 amide bonds. The molecule has 0 saturated carbocycles. The number of piperidine rings is 1. The van der Waals surface area contributed by atoms with Crippen LogP contribution in [0.1, 0.15) is 23.3 Å². The Hall–Kier alpha value is -1.47. The van der Waals surface area contributed by atoms with E-state index in [0.717, 1.165) is 32.5 Å². The molecular formula is C13H24N6O. The topological polar surface area (TPSA) is 80.3 Å². The van der Waals surface area contributed by atoms with E-state index >= 15 is 0 Å². The third-order valence-electron chi connectivity index (χ3n) is 3.64. The van der Waals surface area contributed by atoms with Gasteiger partial charge in [0, 0.05) is 26.2 Å². The molecule has 7 heteroatoms. The minimum absolute atomic E-state index is 0.0171. The van der Waals surface area contributed by atoms with Crippen LogP contribution in [0, 0.1) is 5.92 Å². The van der Waals surface area contributed by atoms with Crippen molar-refractivity contribution in [3.63, 3.8) is 0 Å². The third-order valence-corrected chi connectivity index (χ3v) is 3.64. The summed E-state index contributed by atoms with van der Waals surface area (Å²) in [5, 5.41) is 7.84. The fraction of sp³-hybridized carbons (Fsp3) is 0.769. The van der Waals surface area contributed by atoms with Gasteiger partial charge in [0.1, 0.15) is 0 Å². The molecule has 1 aromatic rings. The Morgan fingerprint density at radius 3 is 2.75 bits per heavy atom. The molecule has 0 atom stereocenters. The van der Waals surface area contributed by atoms with Crippen LogP contribution in [0.2, 0.25) is 0 Å². The number of hydrogen-bond donors (Lipinski definition) is 1. The third kappa shape index (κ3) is 3.77. The smallest absolute Gasteiger partial charge is 0.276 e. The van der Waals surface area contributed by atoms with Crippen molar-refractivity contribution in [2.75, 3.05) is 40.3 Å². The van der Waals surface area contributed by atoms with Crippen LogP contribution in [-0.2, 0) is 6.54 Å². The lowest BCUT2D eigenvalue weighted by Crippen LogP contribution is -2.40. The van der Waals surface area contributed by atoms with Crippen molar-refractivity contribution in [1.29, 1.82) is 0 Å². The molecule has 1 aromatic heterocycles. The molecule has 20 heavy (non-hydrogen) atoms. The Morgan fingerprint density at radius 1 is 1.45 bits per heavy atom. The number of carbonyl (C=O) groups is 1. The normalized spacial score (nSPS) is 16.9. The molecule has 2 N–H and O–H groups in total. The highest BCUT2D eigenvalue weighted by Gasteiger charge is 2.25. The predicted octanol–water partition coefficient (Wildman–Crippen LogP) is -0.349. The van der Waals surface area contributed by atoms with Crippen molar-refractivity contribution in [2.45, 2.75) is 19.4 Å². The van der Waals surface area contributed by atoms with Crippen molar-refractivity contribution in [3.8, 4) is 0 Å². The summed E-state index contributed by atoms with van der Waals surface area (Å²) in [6, 6.07) is 0. The van der Waals surface area contributed by atoms with Gasteiger partial charge < -0.3 is 15.5 Å². The van der Waals surface area contributed by atoms with Gasteiger partial charge in [-0.3, -0.25) is 9.48 Å². The summed E-state index contributed by atoms with van der Waals surface area (Å²) >= 11 is 0. The molecule has 112 valence electrons. The van der Waals surface area contributed by atoms with E-state index in [-0.39, 0.29) is 5.91 Å². The van der Waals surface area contributed by atoms with Crippen LogP contribution in [0.3, 0.4) is 0 Å². The number of amides is 1. The highest BCUT2D eigenvalue weighted by Crippen LogP contribution is 2.19. The largest absolute Gasteiger partial charge is 0.337 e. The number of rotatable bonds is 5. The Kier molecular flexibility index (Phi) is 5.08. The van der Waals surface area contributed by atoms with Crippen molar-refractivity contribution in [2.24, 2.45) is 11.7 Å². The molecule has 1 aliphatic heterocycles. The van der Waals surface area contributed by atoms with Crippen molar-refractivity contribution >= 4 is 5.91 Å². The Morgan fingerprint density at radius 2 is 2.15 bits per heavy atom. The van der Waals surface area contributed by atoms with Gasteiger partial charge in [0.05, 0.1) is 12.7 Å². The monoisotopic (exact) mass is 280 g/mol. The molecule has 0 radical (unpaired) electrons. The SMILES string of the molecule is CN(C)CC1CCN(C(=O)c2cn(CCN)nn2)CC1. The van der Waals surface area contributed by atoms with Crippen LogP contribution in [0.15, 0.2) is 6.20 Å². The molecule has 7 nitrogen and oxygen atoms in total. The lowest BCUT2D eigenvalue weighted by Gasteiger charge is -2.32. The maximum absolute atomic E-state index is 12.3. The maximum atomic E-state index is 12.3. The Balaban J connectivity index is 1.87. The van der Waals surface area contributed by atoms with Gasteiger partial charge in [-0.1, -0.05) is 5.21 Å². The first kappa shape index (κ1) is 14.9. The van der Waals surface area contributed by atoms with Crippen molar-refractivity contribution in [1.82, 2.24) is 24.8 Å². The summed E-state index contributed by atoms with van der Waals surface area (Å²) in [5.41, 5.74) is 5.88. The van der Waals surface area contributed by atoms with E-state index < -0.39 is 0 Å². The molecule has 2 heterocycles. The average Bonchev–Trinajstić information content (AvgIpc) is 2.87. The quantitative estimate of drug-likeness (QED) is 0.797. The summed E-state index contributed by atoms with van der Waals surface area (Å²) in [6.07, 6.45) is 3.79. The molecule has 0 aromatic carbocycles. The van der Waals surface area contributed by atoms with E-state index in [9.17, 15) is 4.79 Å². The van der Waals surface area contributed by atoms with Gasteiger partial charge in [0.25, 0.3) is 5.91 Å². The summed E-state index contributed by atoms with van der Waals surface area (Å²) < 4.78 is 1.62. The molecule has 0 unspecified atom stereocenters. The van der Waals surface area contributed by atoms with Gasteiger partial charge >= 0.3 is 0 Å². The van der Waals surface area contributed by atoms with Crippen LogP contribution in [0.5, 0.6) is 0 Å². The van der Waals surface area contributed by atoms with Crippen LogP contribution in [0.4, 0.5) is 0 Å². The molecular weight excluding hydrogens is 256 g/mol. The maximum Gasteiger partial charge on any atom is 0.276 e. The van der Waals surface area contributed by atoms with Crippen LogP contribution in [0.25, 0.3) is 0 Å². The van der Waals surface area contributed by atoms with E-state index in [1.807, 2.05) is 4.90 Å². The number of likely N-dealkylation sites (tertiary alicyclic amines) is 1. The molecule has 2 rings (SSSR count). The van der Waals surface area contributed by atoms with Gasteiger partial charge in [-0.15, -0.1) is 5.10 Å². The average molecular weight is 280 g/mol. The van der Waals surface area contributed by atoms with Gasteiger partial charge in [-0.05, 0) is 32.9 Å². The van der Waals surface area contributed by atoms with Gasteiger partial charge in [-0.2, -0.15) is 0 Å². The predicted molar refractivity (Wildman–Crippen MR) is 76.3 cm³/mol. The molecule has 1 aliphatic rings. The van der Waals surface area contributed by atoms with E-state index in [1.165, 1.54) is 0 Å². The summed E-state index contributed by atoms with van der Waals surface area (Å²) in [4.78, 5) is 16.4. The summed E-state index contributed by atoms with van der Waals surface area (Å²) in [6.45, 7) is 3.79. The zero-order valence-corrected chi connectivity index (χ0v) is 12.3. The first-order valence-electron chi connectivity index (χ1n) is 7.14. The zero-order chi connectivity index (χ0) is 14.5. The number of aromatic nitrogens is 3. The molecule has 0 bridgehead atoms.